The fourth-order valence-electron chi connectivity index (χ4n) is 2.41. The van der Waals surface area contributed by atoms with Crippen LogP contribution in [0.4, 0.5) is 4.79 Å². The van der Waals surface area contributed by atoms with Gasteiger partial charge in [0, 0.05) is 25.7 Å². The Hall–Kier alpha value is -1.40. The van der Waals surface area contributed by atoms with E-state index in [0.717, 1.165) is 18.7 Å². The zero-order chi connectivity index (χ0) is 16.3. The summed E-state index contributed by atoms with van der Waals surface area (Å²) in [5.41, 5.74) is 0.405. The van der Waals surface area contributed by atoms with Crippen LogP contribution < -0.4 is 0 Å². The van der Waals surface area contributed by atoms with Gasteiger partial charge in [-0.1, -0.05) is 11.6 Å². The van der Waals surface area contributed by atoms with Crippen LogP contribution in [0.2, 0.25) is 5.15 Å². The molecule has 0 aliphatic carbocycles. The van der Waals surface area contributed by atoms with Gasteiger partial charge in [0.2, 0.25) is 0 Å². The topological polar surface area (TPSA) is 58.6 Å². The van der Waals surface area contributed by atoms with Crippen LogP contribution in [0.1, 0.15) is 32.9 Å². The molecule has 1 saturated heterocycles. The highest BCUT2D eigenvalue weighted by Gasteiger charge is 2.31. The number of halogens is 1. The number of aromatic nitrogens is 2. The minimum Gasteiger partial charge on any atom is -0.444 e. The van der Waals surface area contributed by atoms with Crippen LogP contribution in [-0.4, -0.2) is 57.9 Å². The number of hydrogen-bond acceptors (Lipinski definition) is 5. The van der Waals surface area contributed by atoms with Crippen molar-refractivity contribution in [2.75, 3.05) is 20.1 Å². The van der Waals surface area contributed by atoms with Gasteiger partial charge >= 0.3 is 6.09 Å². The number of likely N-dealkylation sites (N-methyl/N-ethyl adjacent to an activating group) is 1. The van der Waals surface area contributed by atoms with E-state index in [1.54, 1.807) is 11.0 Å². The number of hydrogen-bond donors (Lipinski definition) is 0. The molecule has 1 aromatic heterocycles. The maximum atomic E-state index is 12.1. The molecular weight excluding hydrogens is 304 g/mol. The third-order valence-electron chi connectivity index (χ3n) is 3.54. The van der Waals surface area contributed by atoms with Crippen molar-refractivity contribution >= 4 is 17.7 Å². The summed E-state index contributed by atoms with van der Waals surface area (Å²) >= 11 is 5.74. The minimum atomic E-state index is -0.458. The lowest BCUT2D eigenvalue weighted by atomic mass is 10.2. The third kappa shape index (κ3) is 4.81. The number of amides is 1. The van der Waals surface area contributed by atoms with Crippen molar-refractivity contribution in [2.24, 2.45) is 0 Å². The van der Waals surface area contributed by atoms with E-state index in [0.29, 0.717) is 24.3 Å². The Morgan fingerprint density at radius 2 is 2.18 bits per heavy atom. The second-order valence-electron chi connectivity index (χ2n) is 6.63. The lowest BCUT2D eigenvalue weighted by Crippen LogP contribution is -2.38. The van der Waals surface area contributed by atoms with E-state index in [4.69, 9.17) is 16.3 Å². The Kier molecular flexibility index (Phi) is 5.24. The van der Waals surface area contributed by atoms with Crippen molar-refractivity contribution in [1.82, 2.24) is 20.0 Å². The van der Waals surface area contributed by atoms with Gasteiger partial charge in [0.25, 0.3) is 0 Å². The van der Waals surface area contributed by atoms with E-state index in [1.807, 2.05) is 33.9 Å². The molecule has 1 aliphatic rings. The Morgan fingerprint density at radius 1 is 1.45 bits per heavy atom. The predicted octanol–water partition coefficient (Wildman–Crippen LogP) is 2.57. The zero-order valence-corrected chi connectivity index (χ0v) is 14.3. The molecule has 1 unspecified atom stereocenters. The lowest BCUT2D eigenvalue weighted by molar-refractivity contribution is 0.0282. The Bertz CT molecular complexity index is 515. The Morgan fingerprint density at radius 3 is 2.77 bits per heavy atom. The number of nitrogens with zero attached hydrogens (tertiary/aromatic N) is 4. The first-order valence-electron chi connectivity index (χ1n) is 7.41. The largest absolute Gasteiger partial charge is 0.444 e. The molecule has 7 heteroatoms. The van der Waals surface area contributed by atoms with Crippen LogP contribution in [0.3, 0.4) is 0 Å². The molecular formula is C15H23ClN4O2. The maximum absolute atomic E-state index is 12.1. The summed E-state index contributed by atoms with van der Waals surface area (Å²) in [6, 6.07) is 3.90. The normalized spacial score (nSPS) is 18.8. The summed E-state index contributed by atoms with van der Waals surface area (Å²) in [7, 11) is 2.03. The molecule has 0 saturated carbocycles. The van der Waals surface area contributed by atoms with Crippen LogP contribution in [-0.2, 0) is 11.3 Å². The van der Waals surface area contributed by atoms with Crippen LogP contribution in [0, 0.1) is 0 Å². The molecule has 1 aromatic rings. The fraction of sp³-hybridized carbons (Fsp3) is 0.667. The van der Waals surface area contributed by atoms with Gasteiger partial charge < -0.3 is 9.64 Å². The summed E-state index contributed by atoms with van der Waals surface area (Å²) < 4.78 is 5.41. The highest BCUT2D eigenvalue weighted by atomic mass is 35.5. The molecule has 1 fully saturated rings. The number of rotatable bonds is 3. The number of carbonyl (C=O) groups is 1. The van der Waals surface area contributed by atoms with Crippen molar-refractivity contribution in [1.29, 1.82) is 0 Å². The maximum Gasteiger partial charge on any atom is 0.410 e. The van der Waals surface area contributed by atoms with E-state index < -0.39 is 5.60 Å². The number of carbonyl (C=O) groups excluding carboxylic acids is 1. The average Bonchev–Trinajstić information content (AvgIpc) is 2.89. The van der Waals surface area contributed by atoms with Crippen molar-refractivity contribution < 1.29 is 9.53 Å². The standard InChI is InChI=1S/C15H23ClN4O2/c1-15(2,3)22-14(21)20-8-7-12(10-20)19(4)9-11-5-6-13(16)18-17-11/h5-6,12H,7-10H2,1-4H3. The van der Waals surface area contributed by atoms with Crippen molar-refractivity contribution in [3.05, 3.63) is 23.0 Å². The van der Waals surface area contributed by atoms with E-state index in [1.165, 1.54) is 0 Å². The SMILES string of the molecule is CN(Cc1ccc(Cl)nn1)C1CCN(C(=O)OC(C)(C)C)C1. The van der Waals surface area contributed by atoms with Gasteiger partial charge in [-0.3, -0.25) is 4.90 Å². The third-order valence-corrected chi connectivity index (χ3v) is 3.74. The molecule has 0 radical (unpaired) electrons. The average molecular weight is 327 g/mol. The molecule has 1 atom stereocenters. The molecule has 22 heavy (non-hydrogen) atoms. The molecule has 2 heterocycles. The van der Waals surface area contributed by atoms with Gasteiger partial charge in [-0.05, 0) is 46.4 Å². The first-order chi connectivity index (χ1) is 10.2. The molecule has 1 aliphatic heterocycles. The minimum absolute atomic E-state index is 0.241. The quantitative estimate of drug-likeness (QED) is 0.854. The van der Waals surface area contributed by atoms with E-state index >= 15 is 0 Å². The van der Waals surface area contributed by atoms with Crippen LogP contribution in [0.15, 0.2) is 12.1 Å². The second kappa shape index (κ2) is 6.79. The Labute approximate surface area is 136 Å². The van der Waals surface area contributed by atoms with Gasteiger partial charge in [-0.25, -0.2) is 4.79 Å². The van der Waals surface area contributed by atoms with Gasteiger partial charge in [-0.2, -0.15) is 5.10 Å². The highest BCUT2D eigenvalue weighted by Crippen LogP contribution is 2.19. The van der Waals surface area contributed by atoms with Crippen LogP contribution >= 0.6 is 11.6 Å². The summed E-state index contributed by atoms with van der Waals surface area (Å²) in [6.07, 6.45) is 0.686. The molecule has 2 rings (SSSR count). The predicted molar refractivity (Wildman–Crippen MR) is 84.7 cm³/mol. The molecule has 0 aromatic carbocycles. The number of likely N-dealkylation sites (tertiary alicyclic amines) is 1. The zero-order valence-electron chi connectivity index (χ0n) is 13.5. The van der Waals surface area contributed by atoms with Crippen molar-refractivity contribution in [3.8, 4) is 0 Å². The van der Waals surface area contributed by atoms with Crippen molar-refractivity contribution in [2.45, 2.75) is 45.4 Å². The second-order valence-corrected chi connectivity index (χ2v) is 7.02. The van der Waals surface area contributed by atoms with Crippen molar-refractivity contribution in [3.63, 3.8) is 0 Å². The molecule has 0 N–H and O–H groups in total. The van der Waals surface area contributed by atoms with Gasteiger partial charge in [-0.15, -0.1) is 5.10 Å². The highest BCUT2D eigenvalue weighted by molar-refractivity contribution is 6.29. The monoisotopic (exact) mass is 326 g/mol. The Balaban J connectivity index is 1.87. The summed E-state index contributed by atoms with van der Waals surface area (Å²) in [5.74, 6) is 0. The molecule has 1 amide bonds. The molecule has 122 valence electrons. The molecule has 0 bridgehead atoms. The van der Waals surface area contributed by atoms with E-state index in [2.05, 4.69) is 15.1 Å². The number of ether oxygens (including phenoxy) is 1. The smallest absolute Gasteiger partial charge is 0.410 e. The summed E-state index contributed by atoms with van der Waals surface area (Å²) in [4.78, 5) is 16.0. The van der Waals surface area contributed by atoms with E-state index in [-0.39, 0.29) is 6.09 Å². The van der Waals surface area contributed by atoms with Gasteiger partial charge in [0.15, 0.2) is 5.15 Å². The van der Waals surface area contributed by atoms with Gasteiger partial charge in [0.1, 0.15) is 5.60 Å². The van der Waals surface area contributed by atoms with Crippen LogP contribution in [0.5, 0.6) is 0 Å². The van der Waals surface area contributed by atoms with E-state index in [9.17, 15) is 4.79 Å². The molecule has 0 spiro atoms. The molecule has 6 nitrogen and oxygen atoms in total. The first-order valence-corrected chi connectivity index (χ1v) is 7.78. The van der Waals surface area contributed by atoms with Crippen LogP contribution in [0.25, 0.3) is 0 Å². The van der Waals surface area contributed by atoms with Gasteiger partial charge in [0.05, 0.1) is 5.69 Å². The summed E-state index contributed by atoms with van der Waals surface area (Å²) in [5, 5.41) is 8.30. The fourth-order valence-corrected chi connectivity index (χ4v) is 2.51. The lowest BCUT2D eigenvalue weighted by Gasteiger charge is -2.26. The summed E-state index contributed by atoms with van der Waals surface area (Å²) in [6.45, 7) is 7.71. The first kappa shape index (κ1) is 17.0.